The van der Waals surface area contributed by atoms with Crippen LogP contribution in [0.5, 0.6) is 0 Å². The molecule has 0 unspecified atom stereocenters. The Morgan fingerprint density at radius 3 is 2.80 bits per heavy atom. The summed E-state index contributed by atoms with van der Waals surface area (Å²) in [5.41, 5.74) is 3.40. The minimum atomic E-state index is -0.406. The molecule has 3 heterocycles. The fourth-order valence-electron chi connectivity index (χ4n) is 4.21. The Labute approximate surface area is 202 Å². The maximum absolute atomic E-state index is 13.0. The molecule has 1 N–H and O–H groups in total. The molecule has 0 aliphatic carbocycles. The average Bonchev–Trinajstić information content (AvgIpc) is 3.28. The molecule has 10 nitrogen and oxygen atoms in total. The molecule has 0 amide bonds. The standard InChI is InChI=1S/C25H29N7O3/c1-4-22(24-28-29-30-32(24)16-23(33)35-5-2)31(14-18-7-6-10-26-13-18)15-20-12-19-11-17(3)8-9-21(19)27-25(20)34/h6-13,22H,4-5,14-16H2,1-3H3,(H,27,34)/t22-/m1/s1. The predicted octanol–water partition coefficient (Wildman–Crippen LogP) is 2.93. The molecule has 0 aliphatic heterocycles. The average molecular weight is 476 g/mol. The van der Waals surface area contributed by atoms with Gasteiger partial charge in [0.15, 0.2) is 5.82 Å². The Kier molecular flexibility index (Phi) is 7.61. The summed E-state index contributed by atoms with van der Waals surface area (Å²) in [6, 6.07) is 11.5. The first-order chi connectivity index (χ1) is 17.0. The van der Waals surface area contributed by atoms with Gasteiger partial charge in [0.25, 0.3) is 5.56 Å². The number of tetrazole rings is 1. The van der Waals surface area contributed by atoms with Crippen molar-refractivity contribution in [2.24, 2.45) is 0 Å². The number of ether oxygens (including phenoxy) is 1. The topological polar surface area (TPSA) is 119 Å². The van der Waals surface area contributed by atoms with Crippen molar-refractivity contribution < 1.29 is 9.53 Å². The van der Waals surface area contributed by atoms with Crippen molar-refractivity contribution in [2.45, 2.75) is 52.9 Å². The zero-order valence-corrected chi connectivity index (χ0v) is 20.1. The Balaban J connectivity index is 1.71. The molecular formula is C25H29N7O3. The van der Waals surface area contributed by atoms with Gasteiger partial charge in [0, 0.05) is 36.6 Å². The molecule has 1 atom stereocenters. The number of H-pyrrole nitrogens is 1. The lowest BCUT2D eigenvalue weighted by Crippen LogP contribution is -2.33. The van der Waals surface area contributed by atoms with Crippen molar-refractivity contribution in [3.8, 4) is 0 Å². The molecule has 4 aromatic rings. The second kappa shape index (κ2) is 11.0. The zero-order chi connectivity index (χ0) is 24.8. The van der Waals surface area contributed by atoms with E-state index in [0.29, 0.717) is 30.9 Å². The third kappa shape index (κ3) is 5.78. The van der Waals surface area contributed by atoms with E-state index in [0.717, 1.165) is 22.0 Å². The second-order valence-electron chi connectivity index (χ2n) is 8.40. The minimum Gasteiger partial charge on any atom is -0.465 e. The lowest BCUT2D eigenvalue weighted by atomic mass is 10.1. The van der Waals surface area contributed by atoms with E-state index in [9.17, 15) is 9.59 Å². The second-order valence-corrected chi connectivity index (χ2v) is 8.40. The van der Waals surface area contributed by atoms with Crippen LogP contribution in [0.2, 0.25) is 0 Å². The van der Waals surface area contributed by atoms with Crippen molar-refractivity contribution >= 4 is 16.9 Å². The molecule has 35 heavy (non-hydrogen) atoms. The van der Waals surface area contributed by atoms with E-state index in [4.69, 9.17) is 4.74 Å². The van der Waals surface area contributed by atoms with Crippen LogP contribution in [0, 0.1) is 6.92 Å². The number of rotatable bonds is 10. The molecular weight excluding hydrogens is 446 g/mol. The fraction of sp³-hybridized carbons (Fsp3) is 0.360. The summed E-state index contributed by atoms with van der Waals surface area (Å²) in [5.74, 6) is 0.133. The summed E-state index contributed by atoms with van der Waals surface area (Å²) in [4.78, 5) is 34.5. The minimum absolute atomic E-state index is 0.0801. The highest BCUT2D eigenvalue weighted by molar-refractivity contribution is 5.79. The number of fused-ring (bicyclic) bond motifs is 1. The smallest absolute Gasteiger partial charge is 0.327 e. The van der Waals surface area contributed by atoms with Crippen LogP contribution in [-0.2, 0) is 29.2 Å². The van der Waals surface area contributed by atoms with Gasteiger partial charge in [0.1, 0.15) is 6.54 Å². The number of esters is 1. The molecule has 0 radical (unpaired) electrons. The first-order valence-corrected chi connectivity index (χ1v) is 11.7. The number of carbonyl (C=O) groups excluding carboxylic acids is 1. The number of nitrogens with zero attached hydrogens (tertiary/aromatic N) is 6. The maximum Gasteiger partial charge on any atom is 0.327 e. The number of hydrogen-bond donors (Lipinski definition) is 1. The molecule has 0 fully saturated rings. The molecule has 182 valence electrons. The molecule has 0 bridgehead atoms. The number of hydrogen-bond acceptors (Lipinski definition) is 8. The van der Waals surface area contributed by atoms with Crippen molar-refractivity contribution in [3.63, 3.8) is 0 Å². The van der Waals surface area contributed by atoms with Gasteiger partial charge >= 0.3 is 5.97 Å². The van der Waals surface area contributed by atoms with Crippen molar-refractivity contribution in [2.75, 3.05) is 6.61 Å². The van der Waals surface area contributed by atoms with Crippen molar-refractivity contribution in [3.05, 3.63) is 81.7 Å². The lowest BCUT2D eigenvalue weighted by molar-refractivity contribution is -0.144. The normalized spacial score (nSPS) is 12.2. The Bertz CT molecular complexity index is 1350. The fourth-order valence-corrected chi connectivity index (χ4v) is 4.21. The lowest BCUT2D eigenvalue weighted by Gasteiger charge is -2.30. The summed E-state index contributed by atoms with van der Waals surface area (Å²) in [7, 11) is 0. The number of benzene rings is 1. The summed E-state index contributed by atoms with van der Waals surface area (Å²) in [6.45, 7) is 6.88. The van der Waals surface area contributed by atoms with Crippen LogP contribution < -0.4 is 5.56 Å². The quantitative estimate of drug-likeness (QED) is 0.348. The van der Waals surface area contributed by atoms with E-state index in [1.54, 1.807) is 19.3 Å². The maximum atomic E-state index is 13.0. The monoisotopic (exact) mass is 475 g/mol. The van der Waals surface area contributed by atoms with Gasteiger partial charge in [0.05, 0.1) is 12.6 Å². The first-order valence-electron chi connectivity index (χ1n) is 11.7. The van der Waals surface area contributed by atoms with E-state index in [1.807, 2.05) is 44.2 Å². The Morgan fingerprint density at radius 1 is 1.20 bits per heavy atom. The number of aryl methyl sites for hydroxylation is 1. The van der Waals surface area contributed by atoms with Crippen LogP contribution in [0.15, 0.2) is 53.6 Å². The largest absolute Gasteiger partial charge is 0.465 e. The number of pyridine rings is 2. The van der Waals surface area contributed by atoms with Crippen LogP contribution in [0.4, 0.5) is 0 Å². The third-order valence-electron chi connectivity index (χ3n) is 5.83. The van der Waals surface area contributed by atoms with Crippen LogP contribution in [0.3, 0.4) is 0 Å². The van der Waals surface area contributed by atoms with Gasteiger partial charge in [-0.3, -0.25) is 19.5 Å². The third-order valence-corrected chi connectivity index (χ3v) is 5.83. The first kappa shape index (κ1) is 24.2. The summed E-state index contributed by atoms with van der Waals surface area (Å²) < 4.78 is 6.55. The van der Waals surface area contributed by atoms with E-state index < -0.39 is 5.97 Å². The van der Waals surface area contributed by atoms with Gasteiger partial charge in [-0.15, -0.1) is 5.10 Å². The SMILES string of the molecule is CCOC(=O)Cn1nnnc1[C@@H](CC)N(Cc1cccnc1)Cc1cc2cc(C)ccc2[nH]c1=O. The molecule has 4 rings (SSSR count). The highest BCUT2D eigenvalue weighted by atomic mass is 16.5. The molecule has 3 aromatic heterocycles. The summed E-state index contributed by atoms with van der Waals surface area (Å²) in [5, 5.41) is 13.0. The van der Waals surface area contributed by atoms with Gasteiger partial charge in [-0.2, -0.15) is 0 Å². The van der Waals surface area contributed by atoms with Gasteiger partial charge in [0.2, 0.25) is 0 Å². The number of aromatic amines is 1. The molecule has 0 saturated carbocycles. The van der Waals surface area contributed by atoms with Crippen LogP contribution in [-0.4, -0.2) is 47.7 Å². The van der Waals surface area contributed by atoms with Gasteiger partial charge in [-0.05, 0) is 65.9 Å². The number of carbonyl (C=O) groups is 1. The summed E-state index contributed by atoms with van der Waals surface area (Å²) in [6.07, 6.45) is 4.19. The highest BCUT2D eigenvalue weighted by Gasteiger charge is 2.27. The molecule has 0 spiro atoms. The van der Waals surface area contributed by atoms with E-state index in [1.165, 1.54) is 4.68 Å². The molecule has 0 saturated heterocycles. The van der Waals surface area contributed by atoms with Gasteiger partial charge < -0.3 is 9.72 Å². The van der Waals surface area contributed by atoms with Crippen LogP contribution >= 0.6 is 0 Å². The molecule has 1 aromatic carbocycles. The van der Waals surface area contributed by atoms with Crippen molar-refractivity contribution in [1.29, 1.82) is 0 Å². The van der Waals surface area contributed by atoms with E-state index in [-0.39, 0.29) is 24.8 Å². The van der Waals surface area contributed by atoms with E-state index >= 15 is 0 Å². The Hall–Kier alpha value is -3.92. The van der Waals surface area contributed by atoms with E-state index in [2.05, 4.69) is 36.5 Å². The highest BCUT2D eigenvalue weighted by Crippen LogP contribution is 2.26. The summed E-state index contributed by atoms with van der Waals surface area (Å²) >= 11 is 0. The molecule has 0 aliphatic rings. The Morgan fingerprint density at radius 2 is 2.06 bits per heavy atom. The number of nitrogens with one attached hydrogen (secondary N) is 1. The predicted molar refractivity (Wildman–Crippen MR) is 130 cm³/mol. The van der Waals surface area contributed by atoms with Crippen LogP contribution in [0.1, 0.15) is 48.8 Å². The molecule has 10 heteroatoms. The number of aromatic nitrogens is 6. The zero-order valence-electron chi connectivity index (χ0n) is 20.1. The van der Waals surface area contributed by atoms with Gasteiger partial charge in [-0.25, -0.2) is 4.68 Å². The van der Waals surface area contributed by atoms with Gasteiger partial charge in [-0.1, -0.05) is 24.6 Å². The van der Waals surface area contributed by atoms with Crippen molar-refractivity contribution in [1.82, 2.24) is 35.1 Å². The van der Waals surface area contributed by atoms with Crippen LogP contribution in [0.25, 0.3) is 10.9 Å².